The first kappa shape index (κ1) is 16.4. The number of aryl methyl sites for hydroxylation is 2. The molecule has 0 N–H and O–H groups in total. The molecule has 0 unspecified atom stereocenters. The van der Waals surface area contributed by atoms with Crippen molar-refractivity contribution in [2.45, 2.75) is 31.8 Å². The molecule has 1 fully saturated rings. The predicted molar refractivity (Wildman–Crippen MR) is 102 cm³/mol. The molecule has 1 saturated heterocycles. The minimum atomic E-state index is -0.00372. The fourth-order valence-corrected chi connectivity index (χ4v) is 3.94. The Labute approximate surface area is 150 Å². The van der Waals surface area contributed by atoms with Gasteiger partial charge in [0.25, 0.3) is 0 Å². The highest BCUT2D eigenvalue weighted by Gasteiger charge is 2.23. The molecule has 2 heteroatoms. The average Bonchev–Trinajstić information content (AvgIpc) is 3.12. The molecule has 2 aromatic rings. The number of likely N-dealkylation sites (tertiary alicyclic amines) is 1. The Bertz CT molecular complexity index is 732. The zero-order valence-electron chi connectivity index (χ0n) is 14.7. The molecule has 2 aliphatic rings. The molecule has 0 amide bonds. The molecular formula is C23H25NO. The number of hydrogen-bond donors (Lipinski definition) is 0. The fraction of sp³-hybridized carbons (Fsp3) is 0.391. The van der Waals surface area contributed by atoms with E-state index in [1.807, 2.05) is 0 Å². The second-order valence-corrected chi connectivity index (χ2v) is 6.93. The van der Waals surface area contributed by atoms with Gasteiger partial charge in [-0.2, -0.15) is 0 Å². The monoisotopic (exact) mass is 331 g/mol. The van der Waals surface area contributed by atoms with Gasteiger partial charge in [0.15, 0.2) is 0 Å². The lowest BCUT2D eigenvalue weighted by molar-refractivity contribution is 0.108. The second kappa shape index (κ2) is 7.87. The van der Waals surface area contributed by atoms with Gasteiger partial charge in [0, 0.05) is 0 Å². The van der Waals surface area contributed by atoms with Crippen molar-refractivity contribution in [2.75, 3.05) is 26.2 Å². The van der Waals surface area contributed by atoms with E-state index in [0.717, 1.165) is 19.4 Å². The van der Waals surface area contributed by atoms with Crippen LogP contribution in [0.4, 0.5) is 0 Å². The summed E-state index contributed by atoms with van der Waals surface area (Å²) in [5, 5.41) is 0. The largest absolute Gasteiger partial charge is 0.356 e. The van der Waals surface area contributed by atoms with Crippen LogP contribution in [0.25, 0.3) is 0 Å². The van der Waals surface area contributed by atoms with Crippen LogP contribution in [0.3, 0.4) is 0 Å². The van der Waals surface area contributed by atoms with Crippen molar-refractivity contribution >= 4 is 0 Å². The molecule has 0 bridgehead atoms. The minimum Gasteiger partial charge on any atom is -0.356 e. The van der Waals surface area contributed by atoms with Crippen LogP contribution in [0.1, 0.15) is 41.2 Å². The van der Waals surface area contributed by atoms with E-state index in [0.29, 0.717) is 6.61 Å². The Balaban J connectivity index is 1.50. The maximum absolute atomic E-state index is 6.29. The topological polar surface area (TPSA) is 12.5 Å². The van der Waals surface area contributed by atoms with Crippen LogP contribution in [0.2, 0.25) is 0 Å². The van der Waals surface area contributed by atoms with Crippen LogP contribution in [0.5, 0.6) is 0 Å². The van der Waals surface area contributed by atoms with Gasteiger partial charge in [-0.15, -0.1) is 0 Å². The summed E-state index contributed by atoms with van der Waals surface area (Å²) in [7, 11) is 0. The normalized spacial score (nSPS) is 17.3. The van der Waals surface area contributed by atoms with Gasteiger partial charge in [-0.3, -0.25) is 4.90 Å². The highest BCUT2D eigenvalue weighted by molar-refractivity contribution is 5.43. The van der Waals surface area contributed by atoms with Crippen LogP contribution in [0, 0.1) is 11.8 Å². The van der Waals surface area contributed by atoms with E-state index >= 15 is 0 Å². The zero-order valence-corrected chi connectivity index (χ0v) is 14.7. The molecule has 2 nitrogen and oxygen atoms in total. The van der Waals surface area contributed by atoms with Crippen molar-refractivity contribution in [3.8, 4) is 11.8 Å². The lowest BCUT2D eigenvalue weighted by Gasteiger charge is -2.19. The quantitative estimate of drug-likeness (QED) is 0.789. The number of hydrogen-bond acceptors (Lipinski definition) is 2. The summed E-state index contributed by atoms with van der Waals surface area (Å²) < 4.78 is 6.29. The van der Waals surface area contributed by atoms with E-state index in [4.69, 9.17) is 4.74 Å². The van der Waals surface area contributed by atoms with Gasteiger partial charge in [0.2, 0.25) is 0 Å². The summed E-state index contributed by atoms with van der Waals surface area (Å²) in [6, 6.07) is 17.4. The lowest BCUT2D eigenvalue weighted by Crippen LogP contribution is -2.19. The zero-order chi connectivity index (χ0) is 16.9. The minimum absolute atomic E-state index is 0.00372. The number of ether oxygens (including phenoxy) is 1. The van der Waals surface area contributed by atoms with E-state index in [9.17, 15) is 0 Å². The van der Waals surface area contributed by atoms with Crippen molar-refractivity contribution in [2.24, 2.45) is 0 Å². The van der Waals surface area contributed by atoms with Crippen LogP contribution >= 0.6 is 0 Å². The molecule has 0 spiro atoms. The number of fused-ring (bicyclic) bond motifs is 2. The molecule has 0 saturated carbocycles. The predicted octanol–water partition coefficient (Wildman–Crippen LogP) is 3.99. The van der Waals surface area contributed by atoms with Gasteiger partial charge in [0.05, 0.1) is 6.54 Å². The molecule has 4 rings (SSSR count). The Kier molecular flexibility index (Phi) is 5.16. The van der Waals surface area contributed by atoms with Crippen molar-refractivity contribution in [3.05, 3.63) is 70.8 Å². The van der Waals surface area contributed by atoms with Gasteiger partial charge in [0.1, 0.15) is 12.7 Å². The van der Waals surface area contributed by atoms with Crippen molar-refractivity contribution < 1.29 is 4.74 Å². The molecule has 0 radical (unpaired) electrons. The van der Waals surface area contributed by atoms with Crippen LogP contribution in [-0.4, -0.2) is 31.1 Å². The van der Waals surface area contributed by atoms with E-state index in [1.54, 1.807) is 0 Å². The van der Waals surface area contributed by atoms with Gasteiger partial charge >= 0.3 is 0 Å². The molecular weight excluding hydrogens is 306 g/mol. The first-order valence-corrected chi connectivity index (χ1v) is 9.37. The highest BCUT2D eigenvalue weighted by atomic mass is 16.5. The molecule has 0 aromatic heterocycles. The summed E-state index contributed by atoms with van der Waals surface area (Å²) in [6.45, 7) is 3.75. The van der Waals surface area contributed by atoms with Gasteiger partial charge < -0.3 is 4.74 Å². The summed E-state index contributed by atoms with van der Waals surface area (Å²) in [5.41, 5.74) is 5.39. The smallest absolute Gasteiger partial charge is 0.109 e. The van der Waals surface area contributed by atoms with E-state index in [2.05, 4.69) is 65.3 Å². The third kappa shape index (κ3) is 3.79. The molecule has 1 aliphatic carbocycles. The maximum Gasteiger partial charge on any atom is 0.109 e. The Morgan fingerprint density at radius 1 is 0.840 bits per heavy atom. The van der Waals surface area contributed by atoms with E-state index in [-0.39, 0.29) is 6.10 Å². The third-order valence-electron chi connectivity index (χ3n) is 5.29. The maximum atomic E-state index is 6.29. The Morgan fingerprint density at radius 3 is 2.08 bits per heavy atom. The van der Waals surface area contributed by atoms with E-state index < -0.39 is 0 Å². The SMILES string of the molecule is C(#CCN1CCCC1)COC1c2ccccc2CCc2ccccc21. The van der Waals surface area contributed by atoms with Crippen LogP contribution in [-0.2, 0) is 17.6 Å². The first-order chi connectivity index (χ1) is 12.4. The second-order valence-electron chi connectivity index (χ2n) is 6.93. The van der Waals surface area contributed by atoms with Crippen molar-refractivity contribution in [1.82, 2.24) is 4.90 Å². The average molecular weight is 331 g/mol. The molecule has 1 heterocycles. The number of benzene rings is 2. The molecule has 1 aliphatic heterocycles. The van der Waals surface area contributed by atoms with Crippen LogP contribution in [0.15, 0.2) is 48.5 Å². The summed E-state index contributed by atoms with van der Waals surface area (Å²) in [4.78, 5) is 2.42. The Hall–Kier alpha value is -2.08. The molecule has 2 aromatic carbocycles. The highest BCUT2D eigenvalue weighted by Crippen LogP contribution is 2.34. The first-order valence-electron chi connectivity index (χ1n) is 9.37. The molecule has 25 heavy (non-hydrogen) atoms. The number of rotatable bonds is 3. The van der Waals surface area contributed by atoms with Gasteiger partial charge in [-0.25, -0.2) is 0 Å². The van der Waals surface area contributed by atoms with E-state index in [1.165, 1.54) is 48.2 Å². The molecule has 128 valence electrons. The lowest BCUT2D eigenvalue weighted by atomic mass is 9.97. The van der Waals surface area contributed by atoms with Crippen LogP contribution < -0.4 is 0 Å². The van der Waals surface area contributed by atoms with Crippen molar-refractivity contribution in [3.63, 3.8) is 0 Å². The summed E-state index contributed by atoms with van der Waals surface area (Å²) in [6.07, 6.45) is 4.78. The Morgan fingerprint density at radius 2 is 1.44 bits per heavy atom. The third-order valence-corrected chi connectivity index (χ3v) is 5.29. The fourth-order valence-electron chi connectivity index (χ4n) is 3.94. The van der Waals surface area contributed by atoms with Crippen molar-refractivity contribution in [1.29, 1.82) is 0 Å². The molecule has 0 atom stereocenters. The van der Waals surface area contributed by atoms with Gasteiger partial charge in [-0.05, 0) is 61.0 Å². The summed E-state index contributed by atoms with van der Waals surface area (Å²) in [5.74, 6) is 6.51. The standard InChI is InChI=1S/C23H25NO/c1-3-11-21-19(9-1)13-14-20-10-2-4-12-22(20)23(21)25-18-8-7-17-24-15-5-6-16-24/h1-4,9-12,23H,5-6,13-18H2. The number of nitrogens with zero attached hydrogens (tertiary/aromatic N) is 1. The van der Waals surface area contributed by atoms with Gasteiger partial charge in [-0.1, -0.05) is 60.4 Å². The summed E-state index contributed by atoms with van der Waals surface area (Å²) >= 11 is 0.